The van der Waals surface area contributed by atoms with E-state index in [1.807, 2.05) is 24.3 Å². The molecule has 100 valence electrons. The number of hydrogen-bond acceptors (Lipinski definition) is 2. The highest BCUT2D eigenvalue weighted by molar-refractivity contribution is 6.22. The number of nitrogens with zero attached hydrogens (tertiary/aromatic N) is 1. The minimum atomic E-state index is 0.175. The molecule has 20 heavy (non-hydrogen) atoms. The predicted octanol–water partition coefficient (Wildman–Crippen LogP) is 3.89. The van der Waals surface area contributed by atoms with Gasteiger partial charge in [0.1, 0.15) is 0 Å². The molecule has 1 heterocycles. The smallest absolute Gasteiger partial charge is 0.194 e. The predicted molar refractivity (Wildman–Crippen MR) is 81.4 cm³/mol. The molecule has 2 aromatic rings. The van der Waals surface area contributed by atoms with Crippen LogP contribution in [0.4, 0.5) is 5.69 Å². The Hall–Kier alpha value is -2.09. The molecule has 2 nitrogen and oxygen atoms in total. The molecule has 0 aromatic heterocycles. The van der Waals surface area contributed by atoms with E-state index in [0.29, 0.717) is 0 Å². The standard InChI is InChI=1S/C18H17NO/c20-18-16-7-3-2-6-14(16)15-9-8-13(12-17(15)18)19-10-4-1-5-11-19/h2-3,6-9,12H,1,4-5,10-11H2. The molecule has 0 N–H and O–H groups in total. The van der Waals surface area contributed by atoms with Crippen molar-refractivity contribution in [2.24, 2.45) is 0 Å². The van der Waals surface area contributed by atoms with E-state index in [0.717, 1.165) is 35.3 Å². The Morgan fingerprint density at radius 2 is 1.45 bits per heavy atom. The zero-order valence-corrected chi connectivity index (χ0v) is 11.4. The fourth-order valence-electron chi connectivity index (χ4n) is 3.36. The van der Waals surface area contributed by atoms with Crippen molar-refractivity contribution in [3.63, 3.8) is 0 Å². The summed E-state index contributed by atoms with van der Waals surface area (Å²) in [5, 5.41) is 0. The van der Waals surface area contributed by atoms with Crippen LogP contribution in [-0.4, -0.2) is 18.9 Å². The van der Waals surface area contributed by atoms with E-state index in [4.69, 9.17) is 0 Å². The summed E-state index contributed by atoms with van der Waals surface area (Å²) in [6, 6.07) is 14.3. The second kappa shape index (κ2) is 4.48. The molecule has 4 rings (SSSR count). The monoisotopic (exact) mass is 263 g/mol. The van der Waals surface area contributed by atoms with Crippen LogP contribution in [0.5, 0.6) is 0 Å². The average Bonchev–Trinajstić information content (AvgIpc) is 2.81. The third-order valence-corrected chi connectivity index (χ3v) is 4.43. The van der Waals surface area contributed by atoms with Crippen LogP contribution in [0, 0.1) is 0 Å². The molecule has 0 radical (unpaired) electrons. The van der Waals surface area contributed by atoms with Crippen molar-refractivity contribution in [1.29, 1.82) is 0 Å². The number of carbonyl (C=O) groups excluding carboxylic acids is 1. The van der Waals surface area contributed by atoms with Crippen LogP contribution in [0.25, 0.3) is 11.1 Å². The second-order valence-corrected chi connectivity index (χ2v) is 5.65. The van der Waals surface area contributed by atoms with E-state index in [1.54, 1.807) is 0 Å². The van der Waals surface area contributed by atoms with Gasteiger partial charge in [0.25, 0.3) is 0 Å². The molecule has 1 aliphatic carbocycles. The van der Waals surface area contributed by atoms with Gasteiger partial charge in [0, 0.05) is 29.9 Å². The SMILES string of the molecule is O=C1c2ccccc2-c2ccc(N3CCCCC3)cc21. The van der Waals surface area contributed by atoms with Gasteiger partial charge in [0.05, 0.1) is 0 Å². The van der Waals surface area contributed by atoms with E-state index < -0.39 is 0 Å². The van der Waals surface area contributed by atoms with Crippen LogP contribution >= 0.6 is 0 Å². The summed E-state index contributed by atoms with van der Waals surface area (Å²) in [6.07, 6.45) is 3.84. The first-order chi connectivity index (χ1) is 9.84. The Bertz CT molecular complexity index is 684. The quantitative estimate of drug-likeness (QED) is 0.664. The van der Waals surface area contributed by atoms with Gasteiger partial charge in [0.2, 0.25) is 0 Å². The van der Waals surface area contributed by atoms with Gasteiger partial charge in [-0.15, -0.1) is 0 Å². The first kappa shape index (κ1) is 11.7. The van der Waals surface area contributed by atoms with Crippen molar-refractivity contribution in [2.45, 2.75) is 19.3 Å². The first-order valence-electron chi connectivity index (χ1n) is 7.38. The highest BCUT2D eigenvalue weighted by Crippen LogP contribution is 2.38. The number of piperidine rings is 1. The topological polar surface area (TPSA) is 20.3 Å². The van der Waals surface area contributed by atoms with E-state index in [-0.39, 0.29) is 5.78 Å². The van der Waals surface area contributed by atoms with Crippen molar-refractivity contribution in [3.8, 4) is 11.1 Å². The van der Waals surface area contributed by atoms with Crippen LogP contribution in [-0.2, 0) is 0 Å². The Labute approximate surface area is 119 Å². The number of hydrogen-bond donors (Lipinski definition) is 0. The molecule has 1 saturated heterocycles. The molecular weight excluding hydrogens is 246 g/mol. The minimum absolute atomic E-state index is 0.175. The molecule has 0 amide bonds. The lowest BCUT2D eigenvalue weighted by atomic mass is 10.0. The third kappa shape index (κ3) is 1.68. The average molecular weight is 263 g/mol. The highest BCUT2D eigenvalue weighted by atomic mass is 16.1. The zero-order valence-electron chi connectivity index (χ0n) is 11.4. The number of carbonyl (C=O) groups is 1. The molecule has 0 unspecified atom stereocenters. The fraction of sp³-hybridized carbons (Fsp3) is 0.278. The molecular formula is C18H17NO. The summed E-state index contributed by atoms with van der Waals surface area (Å²) in [5.74, 6) is 0.175. The van der Waals surface area contributed by atoms with Crippen molar-refractivity contribution < 1.29 is 4.79 Å². The molecule has 1 aliphatic heterocycles. The maximum absolute atomic E-state index is 12.5. The number of fused-ring (bicyclic) bond motifs is 3. The molecule has 0 spiro atoms. The van der Waals surface area contributed by atoms with Gasteiger partial charge >= 0.3 is 0 Å². The largest absolute Gasteiger partial charge is 0.372 e. The van der Waals surface area contributed by atoms with Crippen molar-refractivity contribution in [3.05, 3.63) is 53.6 Å². The van der Waals surface area contributed by atoms with Crippen LogP contribution < -0.4 is 4.90 Å². The van der Waals surface area contributed by atoms with Crippen molar-refractivity contribution >= 4 is 11.5 Å². The molecule has 0 saturated carbocycles. The Kier molecular flexibility index (Phi) is 2.62. The molecule has 2 aromatic carbocycles. The maximum Gasteiger partial charge on any atom is 0.194 e. The van der Waals surface area contributed by atoms with Crippen LogP contribution in [0.15, 0.2) is 42.5 Å². The number of benzene rings is 2. The van der Waals surface area contributed by atoms with E-state index >= 15 is 0 Å². The van der Waals surface area contributed by atoms with Crippen LogP contribution in [0.2, 0.25) is 0 Å². The third-order valence-electron chi connectivity index (χ3n) is 4.43. The zero-order chi connectivity index (χ0) is 13.5. The Morgan fingerprint density at radius 3 is 2.25 bits per heavy atom. The lowest BCUT2D eigenvalue weighted by molar-refractivity contribution is 0.104. The van der Waals surface area contributed by atoms with Gasteiger partial charge in [-0.1, -0.05) is 30.3 Å². The van der Waals surface area contributed by atoms with Gasteiger partial charge in [-0.2, -0.15) is 0 Å². The van der Waals surface area contributed by atoms with Crippen molar-refractivity contribution in [1.82, 2.24) is 0 Å². The van der Waals surface area contributed by atoms with Gasteiger partial charge < -0.3 is 4.90 Å². The molecule has 1 fully saturated rings. The summed E-state index contributed by atoms with van der Waals surface area (Å²) >= 11 is 0. The minimum Gasteiger partial charge on any atom is -0.372 e. The molecule has 0 atom stereocenters. The summed E-state index contributed by atoms with van der Waals surface area (Å²) in [7, 11) is 0. The first-order valence-corrected chi connectivity index (χ1v) is 7.38. The highest BCUT2D eigenvalue weighted by Gasteiger charge is 2.27. The number of rotatable bonds is 1. The Balaban J connectivity index is 1.78. The van der Waals surface area contributed by atoms with Gasteiger partial charge in [0.15, 0.2) is 5.78 Å². The van der Waals surface area contributed by atoms with Gasteiger partial charge in [-0.3, -0.25) is 4.79 Å². The summed E-state index contributed by atoms with van der Waals surface area (Å²) < 4.78 is 0. The van der Waals surface area contributed by atoms with Crippen LogP contribution in [0.1, 0.15) is 35.2 Å². The lowest BCUT2D eigenvalue weighted by Gasteiger charge is -2.29. The molecule has 0 bridgehead atoms. The lowest BCUT2D eigenvalue weighted by Crippen LogP contribution is -2.29. The maximum atomic E-state index is 12.5. The molecule has 2 heteroatoms. The van der Waals surface area contributed by atoms with Crippen molar-refractivity contribution in [2.75, 3.05) is 18.0 Å². The van der Waals surface area contributed by atoms with E-state index in [9.17, 15) is 4.79 Å². The van der Waals surface area contributed by atoms with E-state index in [2.05, 4.69) is 23.1 Å². The van der Waals surface area contributed by atoms with Gasteiger partial charge in [-0.25, -0.2) is 0 Å². The van der Waals surface area contributed by atoms with E-state index in [1.165, 1.54) is 24.9 Å². The summed E-state index contributed by atoms with van der Waals surface area (Å²) in [4.78, 5) is 14.9. The Morgan fingerprint density at radius 1 is 0.750 bits per heavy atom. The van der Waals surface area contributed by atoms with Gasteiger partial charge in [-0.05, 0) is 42.5 Å². The summed E-state index contributed by atoms with van der Waals surface area (Å²) in [5.41, 5.74) is 5.08. The summed E-state index contributed by atoms with van der Waals surface area (Å²) in [6.45, 7) is 2.22. The molecule has 2 aliphatic rings. The number of anilines is 1. The fourth-order valence-corrected chi connectivity index (χ4v) is 3.36. The second-order valence-electron chi connectivity index (χ2n) is 5.65. The number of ketones is 1. The van der Waals surface area contributed by atoms with Crippen LogP contribution in [0.3, 0.4) is 0 Å². The normalized spacial score (nSPS) is 17.0.